The van der Waals surface area contributed by atoms with Crippen LogP contribution in [0.2, 0.25) is 0 Å². The van der Waals surface area contributed by atoms with E-state index in [4.69, 9.17) is 4.74 Å². The lowest BCUT2D eigenvalue weighted by molar-refractivity contribution is -0.141. The predicted molar refractivity (Wildman–Crippen MR) is 74.6 cm³/mol. The number of allylic oxidation sites excluding steroid dienone is 1. The van der Waals surface area contributed by atoms with Gasteiger partial charge in [0.2, 0.25) is 0 Å². The number of hydrogen-bond acceptors (Lipinski definition) is 3. The van der Waals surface area contributed by atoms with Crippen molar-refractivity contribution < 1.29 is 14.6 Å². The third-order valence-electron chi connectivity index (χ3n) is 5.06. The third-order valence-corrected chi connectivity index (χ3v) is 5.06. The highest BCUT2D eigenvalue weighted by Crippen LogP contribution is 2.52. The minimum Gasteiger partial charge on any atom is -0.466 e. The first-order valence-electron chi connectivity index (χ1n) is 7.56. The molecule has 0 aromatic rings. The van der Waals surface area contributed by atoms with Gasteiger partial charge in [-0.05, 0) is 50.9 Å². The average molecular weight is 266 g/mol. The molecule has 2 unspecified atom stereocenters. The van der Waals surface area contributed by atoms with Gasteiger partial charge in [0.1, 0.15) is 0 Å². The zero-order valence-corrected chi connectivity index (χ0v) is 12.2. The summed E-state index contributed by atoms with van der Waals surface area (Å²) in [5.41, 5.74) is 1.43. The Morgan fingerprint density at radius 1 is 1.53 bits per heavy atom. The van der Waals surface area contributed by atoms with E-state index in [0.717, 1.165) is 44.9 Å². The van der Waals surface area contributed by atoms with Gasteiger partial charge in [-0.15, -0.1) is 0 Å². The maximum Gasteiger partial charge on any atom is 0.302 e. The van der Waals surface area contributed by atoms with Crippen LogP contribution in [0.3, 0.4) is 0 Å². The van der Waals surface area contributed by atoms with E-state index in [1.165, 1.54) is 12.5 Å². The van der Waals surface area contributed by atoms with E-state index in [2.05, 4.69) is 13.0 Å². The van der Waals surface area contributed by atoms with E-state index in [0.29, 0.717) is 12.5 Å². The van der Waals surface area contributed by atoms with Gasteiger partial charge in [0.05, 0.1) is 12.7 Å². The van der Waals surface area contributed by atoms with Crippen LogP contribution in [0.25, 0.3) is 0 Å². The number of carbonyl (C=O) groups excluding carboxylic acids is 1. The van der Waals surface area contributed by atoms with Crippen LogP contribution in [-0.2, 0) is 9.53 Å². The molecule has 0 aromatic heterocycles. The van der Waals surface area contributed by atoms with Crippen molar-refractivity contribution in [1.82, 2.24) is 0 Å². The monoisotopic (exact) mass is 266 g/mol. The Morgan fingerprint density at radius 2 is 2.32 bits per heavy atom. The first-order valence-corrected chi connectivity index (χ1v) is 7.56. The number of aliphatic hydroxyl groups is 1. The number of aliphatic hydroxyl groups excluding tert-OH is 1. The van der Waals surface area contributed by atoms with Crippen LogP contribution in [0, 0.1) is 11.3 Å². The molecule has 0 aromatic carbocycles. The summed E-state index contributed by atoms with van der Waals surface area (Å²) in [6.45, 7) is 4.20. The van der Waals surface area contributed by atoms with Crippen LogP contribution in [0.15, 0.2) is 11.6 Å². The number of esters is 1. The number of carbonyl (C=O) groups is 1. The van der Waals surface area contributed by atoms with Crippen molar-refractivity contribution in [2.75, 3.05) is 6.61 Å². The van der Waals surface area contributed by atoms with Crippen molar-refractivity contribution >= 4 is 5.97 Å². The highest BCUT2D eigenvalue weighted by atomic mass is 16.5. The Balaban J connectivity index is 1.96. The number of fused-ring (bicyclic) bond motifs is 1. The zero-order chi connectivity index (χ0) is 13.9. The van der Waals surface area contributed by atoms with Crippen molar-refractivity contribution in [1.29, 1.82) is 0 Å². The summed E-state index contributed by atoms with van der Waals surface area (Å²) in [7, 11) is 0. The third kappa shape index (κ3) is 3.02. The topological polar surface area (TPSA) is 46.5 Å². The number of rotatable bonds is 4. The van der Waals surface area contributed by atoms with Gasteiger partial charge in [-0.3, -0.25) is 4.79 Å². The van der Waals surface area contributed by atoms with Crippen LogP contribution in [0.5, 0.6) is 0 Å². The second-order valence-corrected chi connectivity index (χ2v) is 6.18. The zero-order valence-electron chi connectivity index (χ0n) is 12.2. The molecule has 0 saturated heterocycles. The van der Waals surface area contributed by atoms with Crippen molar-refractivity contribution in [3.05, 3.63) is 11.6 Å². The van der Waals surface area contributed by atoms with E-state index in [1.54, 1.807) is 0 Å². The maximum atomic E-state index is 10.8. The average Bonchev–Trinajstić information content (AvgIpc) is 2.36. The van der Waals surface area contributed by atoms with Crippen molar-refractivity contribution in [3.8, 4) is 0 Å². The summed E-state index contributed by atoms with van der Waals surface area (Å²) in [6.07, 6.45) is 9.56. The second kappa shape index (κ2) is 6.08. The van der Waals surface area contributed by atoms with Gasteiger partial charge >= 0.3 is 5.97 Å². The molecular formula is C16H26O3. The maximum absolute atomic E-state index is 10.8. The Labute approximate surface area is 116 Å². The summed E-state index contributed by atoms with van der Waals surface area (Å²) in [6, 6.07) is 0. The first kappa shape index (κ1) is 14.6. The first-order chi connectivity index (χ1) is 9.05. The highest BCUT2D eigenvalue weighted by Gasteiger charge is 2.46. The molecule has 0 spiro atoms. The molecule has 3 heteroatoms. The summed E-state index contributed by atoms with van der Waals surface area (Å²) in [5.74, 6) is 0.325. The summed E-state index contributed by atoms with van der Waals surface area (Å²) in [5, 5.41) is 10.5. The molecule has 0 amide bonds. The molecule has 3 nitrogen and oxygen atoms in total. The fraction of sp³-hybridized carbons (Fsp3) is 0.812. The lowest BCUT2D eigenvalue weighted by atomic mass is 9.58. The SMILES string of the molecule is CC(=O)OCCCC1CCC=C2CCC[C@H](O)C21C. The summed E-state index contributed by atoms with van der Waals surface area (Å²) < 4.78 is 5.01. The molecule has 0 bridgehead atoms. The molecular weight excluding hydrogens is 240 g/mol. The fourth-order valence-corrected chi connectivity index (χ4v) is 3.87. The van der Waals surface area contributed by atoms with Crippen LogP contribution in [-0.4, -0.2) is 23.8 Å². The Kier molecular flexibility index (Phi) is 4.67. The van der Waals surface area contributed by atoms with Gasteiger partial charge in [0.25, 0.3) is 0 Å². The van der Waals surface area contributed by atoms with E-state index in [9.17, 15) is 9.90 Å². The highest BCUT2D eigenvalue weighted by molar-refractivity contribution is 5.65. The van der Waals surface area contributed by atoms with E-state index < -0.39 is 0 Å². The molecule has 3 atom stereocenters. The van der Waals surface area contributed by atoms with Gasteiger partial charge in [-0.2, -0.15) is 0 Å². The lowest BCUT2D eigenvalue weighted by Gasteiger charge is -2.49. The van der Waals surface area contributed by atoms with Gasteiger partial charge in [0, 0.05) is 12.3 Å². The van der Waals surface area contributed by atoms with Gasteiger partial charge in [-0.1, -0.05) is 18.6 Å². The van der Waals surface area contributed by atoms with Gasteiger partial charge in [0.15, 0.2) is 0 Å². The molecule has 108 valence electrons. The Hall–Kier alpha value is -0.830. The Morgan fingerprint density at radius 3 is 3.05 bits per heavy atom. The number of ether oxygens (including phenoxy) is 1. The molecule has 1 fully saturated rings. The minimum absolute atomic E-state index is 0.0350. The van der Waals surface area contributed by atoms with E-state index in [1.807, 2.05) is 0 Å². The van der Waals surface area contributed by atoms with Gasteiger partial charge < -0.3 is 9.84 Å². The van der Waals surface area contributed by atoms with Crippen LogP contribution in [0.1, 0.15) is 58.8 Å². The standard InChI is InChI=1S/C16H26O3/c1-12(17)19-11-5-9-14-7-3-6-13-8-4-10-15(18)16(13,14)2/h6,14-15,18H,3-5,7-11H2,1-2H3/t14?,15-,16?/m0/s1. The molecule has 0 aliphatic heterocycles. The molecule has 2 aliphatic carbocycles. The molecule has 1 N–H and O–H groups in total. The van der Waals surface area contributed by atoms with Crippen molar-refractivity contribution in [2.45, 2.75) is 64.9 Å². The van der Waals surface area contributed by atoms with E-state index in [-0.39, 0.29) is 17.5 Å². The molecule has 0 heterocycles. The normalized spacial score (nSPS) is 34.4. The number of hydrogen-bond donors (Lipinski definition) is 1. The molecule has 19 heavy (non-hydrogen) atoms. The molecule has 0 radical (unpaired) electrons. The van der Waals surface area contributed by atoms with Crippen molar-refractivity contribution in [3.63, 3.8) is 0 Å². The molecule has 1 saturated carbocycles. The smallest absolute Gasteiger partial charge is 0.302 e. The van der Waals surface area contributed by atoms with Gasteiger partial charge in [-0.25, -0.2) is 0 Å². The fourth-order valence-electron chi connectivity index (χ4n) is 3.87. The Bertz CT molecular complexity index is 361. The summed E-state index contributed by atoms with van der Waals surface area (Å²) >= 11 is 0. The van der Waals surface area contributed by atoms with Crippen LogP contribution >= 0.6 is 0 Å². The van der Waals surface area contributed by atoms with E-state index >= 15 is 0 Å². The summed E-state index contributed by atoms with van der Waals surface area (Å²) in [4.78, 5) is 10.8. The second-order valence-electron chi connectivity index (χ2n) is 6.18. The van der Waals surface area contributed by atoms with Crippen LogP contribution < -0.4 is 0 Å². The molecule has 2 aliphatic rings. The minimum atomic E-state index is -0.202. The molecule has 2 rings (SSSR count). The largest absolute Gasteiger partial charge is 0.466 e. The lowest BCUT2D eigenvalue weighted by Crippen LogP contribution is -2.45. The predicted octanol–water partition coefficient (Wildman–Crippen LogP) is 3.22. The van der Waals surface area contributed by atoms with Crippen LogP contribution in [0.4, 0.5) is 0 Å². The quantitative estimate of drug-likeness (QED) is 0.483. The van der Waals surface area contributed by atoms with Crippen molar-refractivity contribution in [2.24, 2.45) is 11.3 Å².